The van der Waals surface area contributed by atoms with E-state index < -0.39 is 0 Å². The molecule has 1 N–H and O–H groups in total. The van der Waals surface area contributed by atoms with Crippen LogP contribution in [0.2, 0.25) is 0 Å². The summed E-state index contributed by atoms with van der Waals surface area (Å²) in [4.78, 5) is 0. The van der Waals surface area contributed by atoms with Crippen LogP contribution in [0.25, 0.3) is 0 Å². The maximum absolute atomic E-state index is 8.77. The molecule has 2 heterocycles. The number of aromatic nitrogens is 3. The molecule has 106 valence electrons. The molecule has 3 rings (SSSR count). The molecule has 2 aromatic rings. The quantitative estimate of drug-likeness (QED) is 0.697. The third kappa shape index (κ3) is 2.91. The van der Waals surface area contributed by atoms with Crippen molar-refractivity contribution in [3.63, 3.8) is 0 Å². The molecule has 0 aliphatic carbocycles. The van der Waals surface area contributed by atoms with Gasteiger partial charge in [-0.05, 0) is 42.8 Å². The third-order valence-electron chi connectivity index (χ3n) is 3.26. The average Bonchev–Trinajstić information content (AvgIpc) is 3.15. The van der Waals surface area contributed by atoms with Crippen LogP contribution in [0, 0.1) is 16.1 Å². The second-order valence-corrected chi connectivity index (χ2v) is 5.07. The van der Waals surface area contributed by atoms with Crippen molar-refractivity contribution >= 4 is 18.4 Å². The summed E-state index contributed by atoms with van der Waals surface area (Å²) in [6, 6.07) is 9.24. The maximum atomic E-state index is 8.77. The lowest BCUT2D eigenvalue weighted by Gasteiger charge is -2.07. The Hall–Kier alpha value is -2.30. The number of ether oxygens (including phenoxy) is 1. The molecule has 7 heteroatoms. The first-order valence-corrected chi connectivity index (χ1v) is 7.02. The van der Waals surface area contributed by atoms with Crippen LogP contribution in [0.3, 0.4) is 0 Å². The highest BCUT2D eigenvalue weighted by Gasteiger charge is 2.23. The van der Waals surface area contributed by atoms with Gasteiger partial charge in [-0.1, -0.05) is 12.1 Å². The smallest absolute Gasteiger partial charge is 0.216 e. The summed E-state index contributed by atoms with van der Waals surface area (Å²) in [5.74, 6) is 0.697. The molecule has 0 radical (unpaired) electrons. The summed E-state index contributed by atoms with van der Waals surface area (Å²) in [7, 11) is 0. The molecule has 0 unspecified atom stereocenters. The molecule has 1 atom stereocenters. The monoisotopic (exact) mass is 299 g/mol. The van der Waals surface area contributed by atoms with Crippen LogP contribution in [0.15, 0.2) is 29.4 Å². The van der Waals surface area contributed by atoms with E-state index in [0.29, 0.717) is 16.2 Å². The van der Waals surface area contributed by atoms with Gasteiger partial charge in [0.05, 0.1) is 17.8 Å². The van der Waals surface area contributed by atoms with E-state index in [1.165, 1.54) is 0 Å². The van der Waals surface area contributed by atoms with Gasteiger partial charge < -0.3 is 4.74 Å². The van der Waals surface area contributed by atoms with Gasteiger partial charge in [0.1, 0.15) is 6.10 Å². The van der Waals surface area contributed by atoms with Crippen molar-refractivity contribution in [3.8, 4) is 6.07 Å². The SMILES string of the molecule is N#Cc1ccc(/C=N\n2c([C@H]3CCCO3)n[nH]c2=S)cc1. The molecule has 1 aliphatic heterocycles. The topological polar surface area (TPSA) is 79.0 Å². The average molecular weight is 299 g/mol. The van der Waals surface area contributed by atoms with E-state index in [2.05, 4.69) is 21.4 Å². The van der Waals surface area contributed by atoms with Crippen molar-refractivity contribution in [1.82, 2.24) is 14.9 Å². The predicted molar refractivity (Wildman–Crippen MR) is 79.5 cm³/mol. The number of nitrogens with one attached hydrogen (secondary N) is 1. The van der Waals surface area contributed by atoms with Crippen molar-refractivity contribution in [2.75, 3.05) is 6.61 Å². The number of aromatic amines is 1. The van der Waals surface area contributed by atoms with Gasteiger partial charge in [0.15, 0.2) is 5.82 Å². The Bertz CT molecular complexity index is 747. The zero-order chi connectivity index (χ0) is 14.7. The first kappa shape index (κ1) is 13.7. The second kappa shape index (κ2) is 5.99. The van der Waals surface area contributed by atoms with Gasteiger partial charge in [-0.2, -0.15) is 20.1 Å². The Balaban J connectivity index is 1.86. The van der Waals surface area contributed by atoms with Crippen LogP contribution in [0.1, 0.15) is 35.9 Å². The van der Waals surface area contributed by atoms with Crippen LogP contribution in [0.5, 0.6) is 0 Å². The summed E-state index contributed by atoms with van der Waals surface area (Å²) < 4.78 is 7.64. The van der Waals surface area contributed by atoms with Crippen LogP contribution in [-0.4, -0.2) is 27.7 Å². The molecule has 0 amide bonds. The van der Waals surface area contributed by atoms with Crippen molar-refractivity contribution in [2.45, 2.75) is 18.9 Å². The summed E-state index contributed by atoms with van der Waals surface area (Å²) in [5, 5.41) is 20.1. The Labute approximate surface area is 126 Å². The lowest BCUT2D eigenvalue weighted by molar-refractivity contribution is 0.102. The molecular formula is C14H13N5OS. The number of H-pyrrole nitrogens is 1. The summed E-state index contributed by atoms with van der Waals surface area (Å²) >= 11 is 5.20. The summed E-state index contributed by atoms with van der Waals surface area (Å²) in [6.07, 6.45) is 3.57. The number of rotatable bonds is 3. The van der Waals surface area contributed by atoms with Gasteiger partial charge in [0.25, 0.3) is 0 Å². The van der Waals surface area contributed by atoms with Crippen LogP contribution in [-0.2, 0) is 4.74 Å². The Morgan fingerprint density at radius 3 is 2.95 bits per heavy atom. The molecule has 0 bridgehead atoms. The summed E-state index contributed by atoms with van der Waals surface area (Å²) in [6.45, 7) is 0.740. The van der Waals surface area contributed by atoms with Gasteiger partial charge >= 0.3 is 0 Å². The summed E-state index contributed by atoms with van der Waals surface area (Å²) in [5.41, 5.74) is 1.50. The molecule has 0 spiro atoms. The minimum absolute atomic E-state index is 0.0592. The fourth-order valence-electron chi connectivity index (χ4n) is 2.17. The Morgan fingerprint density at radius 1 is 1.48 bits per heavy atom. The van der Waals surface area contributed by atoms with Crippen molar-refractivity contribution in [3.05, 3.63) is 46.0 Å². The van der Waals surface area contributed by atoms with E-state index >= 15 is 0 Å². The minimum Gasteiger partial charge on any atom is -0.370 e. The lowest BCUT2D eigenvalue weighted by atomic mass is 10.2. The molecule has 1 aromatic heterocycles. The number of nitriles is 1. The van der Waals surface area contributed by atoms with Gasteiger partial charge in [-0.25, -0.2) is 0 Å². The highest BCUT2D eigenvalue weighted by molar-refractivity contribution is 7.71. The number of hydrogen-bond acceptors (Lipinski definition) is 5. The van der Waals surface area contributed by atoms with Crippen LogP contribution < -0.4 is 0 Å². The van der Waals surface area contributed by atoms with Crippen molar-refractivity contribution < 1.29 is 4.74 Å². The van der Waals surface area contributed by atoms with E-state index in [9.17, 15) is 0 Å². The van der Waals surface area contributed by atoms with E-state index in [4.69, 9.17) is 22.2 Å². The zero-order valence-electron chi connectivity index (χ0n) is 11.2. The van der Waals surface area contributed by atoms with Gasteiger partial charge in [0, 0.05) is 6.61 Å². The van der Waals surface area contributed by atoms with Gasteiger partial charge in [-0.15, -0.1) is 0 Å². The highest BCUT2D eigenvalue weighted by atomic mass is 32.1. The largest absolute Gasteiger partial charge is 0.370 e. The minimum atomic E-state index is -0.0592. The number of nitrogens with zero attached hydrogens (tertiary/aromatic N) is 4. The van der Waals surface area contributed by atoms with E-state index in [0.717, 1.165) is 25.0 Å². The van der Waals surface area contributed by atoms with Crippen molar-refractivity contribution in [1.29, 1.82) is 5.26 Å². The maximum Gasteiger partial charge on any atom is 0.216 e. The molecule has 1 fully saturated rings. The Morgan fingerprint density at radius 2 is 2.29 bits per heavy atom. The van der Waals surface area contributed by atoms with Gasteiger partial charge in [-0.3, -0.25) is 5.10 Å². The fourth-order valence-corrected chi connectivity index (χ4v) is 2.36. The first-order valence-electron chi connectivity index (χ1n) is 6.61. The molecule has 1 aliphatic rings. The molecular weight excluding hydrogens is 286 g/mol. The molecule has 6 nitrogen and oxygen atoms in total. The van der Waals surface area contributed by atoms with E-state index in [-0.39, 0.29) is 6.10 Å². The zero-order valence-corrected chi connectivity index (χ0v) is 12.0. The molecule has 1 saturated heterocycles. The fraction of sp³-hybridized carbons (Fsp3) is 0.286. The molecule has 1 aromatic carbocycles. The standard InChI is InChI=1S/C14H13N5OS/c15-8-10-3-5-11(6-4-10)9-16-19-13(17-18-14(19)21)12-2-1-7-20-12/h3-6,9,12H,1-2,7H2,(H,18,21)/b16-9-/t12-/m1/s1. The van der Waals surface area contributed by atoms with E-state index in [1.54, 1.807) is 23.0 Å². The van der Waals surface area contributed by atoms with Crippen molar-refractivity contribution in [2.24, 2.45) is 5.10 Å². The number of benzene rings is 1. The van der Waals surface area contributed by atoms with Crippen LogP contribution >= 0.6 is 12.2 Å². The number of hydrogen-bond donors (Lipinski definition) is 1. The molecule has 0 saturated carbocycles. The normalized spacial score (nSPS) is 18.1. The predicted octanol–water partition coefficient (Wildman–Crippen LogP) is 2.55. The van der Waals surface area contributed by atoms with Crippen LogP contribution in [0.4, 0.5) is 0 Å². The third-order valence-corrected chi connectivity index (χ3v) is 3.52. The van der Waals surface area contributed by atoms with E-state index in [1.807, 2.05) is 12.1 Å². The molecule has 21 heavy (non-hydrogen) atoms. The highest BCUT2D eigenvalue weighted by Crippen LogP contribution is 2.26. The van der Waals surface area contributed by atoms with Gasteiger partial charge in [0.2, 0.25) is 4.77 Å². The Kier molecular flexibility index (Phi) is 3.90. The first-order chi connectivity index (χ1) is 10.3. The lowest BCUT2D eigenvalue weighted by Crippen LogP contribution is -2.05. The second-order valence-electron chi connectivity index (χ2n) is 4.68.